The number of hydrogen-bond acceptors (Lipinski definition) is 6. The number of carbonyl (C=O) groups is 2. The van der Waals surface area contributed by atoms with E-state index >= 15 is 0 Å². The third-order valence-corrected chi connectivity index (χ3v) is 7.42. The molecule has 3 aromatic rings. The second kappa shape index (κ2) is 10.4. The molecule has 2 heterocycles. The Hall–Kier alpha value is -3.47. The number of rotatable bonds is 7. The Morgan fingerprint density at radius 1 is 1.03 bits per heavy atom. The normalized spacial score (nSPS) is 15.4. The molecule has 1 aromatic heterocycles. The Morgan fingerprint density at radius 2 is 1.69 bits per heavy atom. The number of aromatic amines is 1. The molecule has 1 aliphatic rings. The number of aryl methyl sites for hydroxylation is 2. The number of nitrogens with one attached hydrogen (secondary N) is 2. The monoisotopic (exact) mass is 497 g/mol. The number of anilines is 1. The standard InChI is InChI=1S/C25H27N3O6S/c1-17-12-18(2)14-20(13-17)27-24(29)23(19-6-4-3-5-7-19)34-25(30)22-15-21(16-26-22)35(31,32)28-8-10-33-11-9-28/h3-7,12-16,23,26H,8-11H2,1-2H3,(H,27,29). The molecular formula is C25H27N3O6S. The van der Waals surface area contributed by atoms with E-state index in [0.29, 0.717) is 24.5 Å². The average molecular weight is 498 g/mol. The van der Waals surface area contributed by atoms with E-state index in [1.165, 1.54) is 16.6 Å². The molecule has 1 atom stereocenters. The second-order valence-corrected chi connectivity index (χ2v) is 10.3. The first-order chi connectivity index (χ1) is 16.7. The molecule has 1 unspecified atom stereocenters. The first kappa shape index (κ1) is 24.6. The first-order valence-corrected chi connectivity index (χ1v) is 12.6. The molecule has 1 saturated heterocycles. The summed E-state index contributed by atoms with van der Waals surface area (Å²) >= 11 is 0. The summed E-state index contributed by atoms with van der Waals surface area (Å²) in [5.41, 5.74) is 2.96. The Balaban J connectivity index is 1.55. The molecule has 0 saturated carbocycles. The van der Waals surface area contributed by atoms with E-state index in [0.717, 1.165) is 11.1 Å². The fourth-order valence-corrected chi connectivity index (χ4v) is 5.31. The maximum atomic E-state index is 13.2. The molecule has 0 radical (unpaired) electrons. The molecule has 0 bridgehead atoms. The first-order valence-electron chi connectivity index (χ1n) is 11.2. The SMILES string of the molecule is Cc1cc(C)cc(NC(=O)C(OC(=O)c2cc(S(=O)(=O)N3CCOCC3)c[nH]2)c2ccccc2)c1. The maximum absolute atomic E-state index is 13.2. The minimum atomic E-state index is -3.79. The van der Waals surface area contributed by atoms with Crippen molar-refractivity contribution in [2.24, 2.45) is 0 Å². The smallest absolute Gasteiger partial charge is 0.355 e. The summed E-state index contributed by atoms with van der Waals surface area (Å²) in [4.78, 5) is 28.7. The number of carbonyl (C=O) groups excluding carboxylic acids is 2. The summed E-state index contributed by atoms with van der Waals surface area (Å²) in [6.45, 7) is 4.94. The van der Waals surface area contributed by atoms with Crippen LogP contribution >= 0.6 is 0 Å². The molecule has 35 heavy (non-hydrogen) atoms. The number of aromatic nitrogens is 1. The van der Waals surface area contributed by atoms with E-state index in [-0.39, 0.29) is 23.7 Å². The highest BCUT2D eigenvalue weighted by Crippen LogP contribution is 2.24. The zero-order valence-electron chi connectivity index (χ0n) is 19.5. The van der Waals surface area contributed by atoms with Crippen molar-refractivity contribution in [2.45, 2.75) is 24.8 Å². The number of benzene rings is 2. The van der Waals surface area contributed by atoms with Crippen LogP contribution in [0, 0.1) is 13.8 Å². The van der Waals surface area contributed by atoms with Crippen molar-refractivity contribution in [3.05, 3.63) is 83.2 Å². The van der Waals surface area contributed by atoms with Crippen LogP contribution in [0.3, 0.4) is 0 Å². The van der Waals surface area contributed by atoms with E-state index in [9.17, 15) is 18.0 Å². The van der Waals surface area contributed by atoms with Gasteiger partial charge in [0.25, 0.3) is 5.91 Å². The van der Waals surface area contributed by atoms with E-state index in [2.05, 4.69) is 10.3 Å². The van der Waals surface area contributed by atoms with E-state index < -0.39 is 28.0 Å². The highest BCUT2D eigenvalue weighted by Gasteiger charge is 2.30. The Bertz CT molecular complexity index is 1290. The van der Waals surface area contributed by atoms with Gasteiger partial charge in [-0.15, -0.1) is 0 Å². The van der Waals surface area contributed by atoms with Gasteiger partial charge in [0.15, 0.2) is 0 Å². The molecule has 10 heteroatoms. The molecule has 1 fully saturated rings. The van der Waals surface area contributed by atoms with Gasteiger partial charge in [0.05, 0.1) is 13.2 Å². The predicted molar refractivity (Wildman–Crippen MR) is 130 cm³/mol. The summed E-state index contributed by atoms with van der Waals surface area (Å²) in [6.07, 6.45) is 0.00114. The lowest BCUT2D eigenvalue weighted by atomic mass is 10.1. The lowest BCUT2D eigenvalue weighted by Crippen LogP contribution is -2.40. The van der Waals surface area contributed by atoms with Crippen molar-refractivity contribution in [1.29, 1.82) is 0 Å². The van der Waals surface area contributed by atoms with Gasteiger partial charge in [-0.2, -0.15) is 4.31 Å². The van der Waals surface area contributed by atoms with Crippen LogP contribution in [-0.4, -0.2) is 55.9 Å². The van der Waals surface area contributed by atoms with Gasteiger partial charge in [-0.25, -0.2) is 13.2 Å². The van der Waals surface area contributed by atoms with E-state index in [4.69, 9.17) is 9.47 Å². The van der Waals surface area contributed by atoms with Crippen LogP contribution < -0.4 is 5.32 Å². The van der Waals surface area contributed by atoms with Gasteiger partial charge < -0.3 is 19.8 Å². The number of nitrogens with zero attached hydrogens (tertiary/aromatic N) is 1. The molecule has 1 aliphatic heterocycles. The largest absolute Gasteiger partial charge is 0.443 e. The number of sulfonamides is 1. The number of H-pyrrole nitrogens is 1. The molecule has 0 spiro atoms. The quantitative estimate of drug-likeness (QED) is 0.484. The topological polar surface area (TPSA) is 118 Å². The maximum Gasteiger partial charge on any atom is 0.355 e. The van der Waals surface area contributed by atoms with Crippen LogP contribution in [0.4, 0.5) is 5.69 Å². The molecule has 184 valence electrons. The Labute approximate surface area is 204 Å². The van der Waals surface area contributed by atoms with Gasteiger partial charge in [-0.05, 0) is 43.2 Å². The molecule has 4 rings (SSSR count). The third kappa shape index (κ3) is 5.79. The number of esters is 1. The van der Waals surface area contributed by atoms with Crippen LogP contribution in [-0.2, 0) is 24.3 Å². The highest BCUT2D eigenvalue weighted by molar-refractivity contribution is 7.89. The number of morpholine rings is 1. The second-order valence-electron chi connectivity index (χ2n) is 8.33. The highest BCUT2D eigenvalue weighted by atomic mass is 32.2. The van der Waals surface area contributed by atoms with E-state index in [1.807, 2.05) is 32.0 Å². The zero-order valence-corrected chi connectivity index (χ0v) is 20.3. The van der Waals surface area contributed by atoms with Crippen LogP contribution in [0.5, 0.6) is 0 Å². The molecule has 0 aliphatic carbocycles. The van der Waals surface area contributed by atoms with Crippen molar-refractivity contribution < 1.29 is 27.5 Å². The lowest BCUT2D eigenvalue weighted by Gasteiger charge is -2.25. The number of ether oxygens (including phenoxy) is 2. The fourth-order valence-electron chi connectivity index (χ4n) is 3.90. The minimum absolute atomic E-state index is 0.0534. The zero-order chi connectivity index (χ0) is 25.0. The van der Waals surface area contributed by atoms with Crippen LogP contribution in [0.15, 0.2) is 65.7 Å². The minimum Gasteiger partial charge on any atom is -0.443 e. The molecular weight excluding hydrogens is 470 g/mol. The van der Waals surface area contributed by atoms with Crippen molar-refractivity contribution in [2.75, 3.05) is 31.6 Å². The Kier molecular flexibility index (Phi) is 7.34. The molecule has 2 aromatic carbocycles. The molecule has 1 amide bonds. The van der Waals surface area contributed by atoms with Crippen molar-refractivity contribution in [3.8, 4) is 0 Å². The molecule has 9 nitrogen and oxygen atoms in total. The summed E-state index contributed by atoms with van der Waals surface area (Å²) < 4.78 is 37.8. The fraction of sp³-hybridized carbons (Fsp3) is 0.280. The molecule has 2 N–H and O–H groups in total. The lowest BCUT2D eigenvalue weighted by molar-refractivity contribution is -0.125. The van der Waals surface area contributed by atoms with Gasteiger partial charge in [0.1, 0.15) is 10.6 Å². The summed E-state index contributed by atoms with van der Waals surface area (Å²) in [7, 11) is -3.79. The average Bonchev–Trinajstić information content (AvgIpc) is 3.34. The number of hydrogen-bond donors (Lipinski definition) is 2. The van der Waals surface area contributed by atoms with Crippen LogP contribution in [0.2, 0.25) is 0 Å². The van der Waals surface area contributed by atoms with Crippen LogP contribution in [0.1, 0.15) is 33.3 Å². The Morgan fingerprint density at radius 3 is 2.34 bits per heavy atom. The van der Waals surface area contributed by atoms with Gasteiger partial charge in [-0.1, -0.05) is 36.4 Å². The summed E-state index contributed by atoms with van der Waals surface area (Å²) in [5, 5.41) is 2.81. The third-order valence-electron chi connectivity index (χ3n) is 5.54. The van der Waals surface area contributed by atoms with Crippen molar-refractivity contribution in [1.82, 2.24) is 9.29 Å². The van der Waals surface area contributed by atoms with Crippen LogP contribution in [0.25, 0.3) is 0 Å². The predicted octanol–water partition coefficient (Wildman–Crippen LogP) is 3.19. The summed E-state index contributed by atoms with van der Waals surface area (Å²) in [5.74, 6) is -1.37. The number of amides is 1. The summed E-state index contributed by atoms with van der Waals surface area (Å²) in [6, 6.07) is 15.5. The van der Waals surface area contributed by atoms with E-state index in [1.54, 1.807) is 30.3 Å². The van der Waals surface area contributed by atoms with Crippen molar-refractivity contribution in [3.63, 3.8) is 0 Å². The van der Waals surface area contributed by atoms with Gasteiger partial charge in [-0.3, -0.25) is 4.79 Å². The van der Waals surface area contributed by atoms with Gasteiger partial charge in [0.2, 0.25) is 16.1 Å². The van der Waals surface area contributed by atoms with Gasteiger partial charge in [0, 0.05) is 30.5 Å². The van der Waals surface area contributed by atoms with Gasteiger partial charge >= 0.3 is 5.97 Å². The van der Waals surface area contributed by atoms with Crippen molar-refractivity contribution >= 4 is 27.6 Å².